The van der Waals surface area contributed by atoms with Crippen molar-refractivity contribution in [1.82, 2.24) is 19.6 Å². The number of aromatic nitrogens is 2. The summed E-state index contributed by atoms with van der Waals surface area (Å²) in [7, 11) is 0. The van der Waals surface area contributed by atoms with Crippen molar-refractivity contribution >= 4 is 0 Å². The zero-order valence-electron chi connectivity index (χ0n) is 13.7. The van der Waals surface area contributed by atoms with E-state index in [1.807, 2.05) is 6.20 Å². The molecule has 2 aliphatic rings. The molecule has 1 aromatic rings. The first-order valence-electron chi connectivity index (χ1n) is 8.73. The van der Waals surface area contributed by atoms with Crippen molar-refractivity contribution in [2.24, 2.45) is 11.8 Å². The molecular formula is C17H30N4. The largest absolute Gasteiger partial charge is 0.304 e. The highest BCUT2D eigenvalue weighted by Gasteiger charge is 2.28. The molecule has 4 heteroatoms. The number of rotatable bonds is 7. The van der Waals surface area contributed by atoms with Gasteiger partial charge >= 0.3 is 0 Å². The van der Waals surface area contributed by atoms with Crippen LogP contribution in [0.2, 0.25) is 0 Å². The molecular weight excluding hydrogens is 260 g/mol. The Morgan fingerprint density at radius 1 is 1.19 bits per heavy atom. The van der Waals surface area contributed by atoms with Crippen LogP contribution >= 0.6 is 0 Å². The van der Waals surface area contributed by atoms with Crippen LogP contribution in [0.5, 0.6) is 0 Å². The van der Waals surface area contributed by atoms with Crippen LogP contribution in [0.25, 0.3) is 0 Å². The second-order valence-corrected chi connectivity index (χ2v) is 6.82. The Morgan fingerprint density at radius 2 is 2.00 bits per heavy atom. The minimum Gasteiger partial charge on any atom is -0.304 e. The molecule has 1 aliphatic carbocycles. The lowest BCUT2D eigenvalue weighted by Gasteiger charge is -2.26. The summed E-state index contributed by atoms with van der Waals surface area (Å²) in [5.41, 5.74) is 1.40. The lowest BCUT2D eigenvalue weighted by Crippen LogP contribution is -2.32. The van der Waals surface area contributed by atoms with E-state index in [0.29, 0.717) is 0 Å². The average molecular weight is 290 g/mol. The zero-order chi connectivity index (χ0) is 14.7. The molecule has 1 aliphatic heterocycles. The molecule has 3 rings (SSSR count). The highest BCUT2D eigenvalue weighted by atomic mass is 15.3. The predicted molar refractivity (Wildman–Crippen MR) is 86.1 cm³/mol. The molecule has 0 amide bonds. The fourth-order valence-electron chi connectivity index (χ4n) is 3.51. The maximum absolute atomic E-state index is 4.54. The Labute approximate surface area is 129 Å². The Morgan fingerprint density at radius 3 is 2.71 bits per heavy atom. The highest BCUT2D eigenvalue weighted by Crippen LogP contribution is 2.31. The topological polar surface area (TPSA) is 24.3 Å². The van der Waals surface area contributed by atoms with Crippen LogP contribution in [-0.4, -0.2) is 52.3 Å². The maximum Gasteiger partial charge on any atom is 0.0524 e. The molecule has 4 nitrogen and oxygen atoms in total. The van der Waals surface area contributed by atoms with Gasteiger partial charge in [0.15, 0.2) is 0 Å². The molecule has 0 N–H and O–H groups in total. The normalized spacial score (nSPS) is 23.3. The van der Waals surface area contributed by atoms with Crippen LogP contribution < -0.4 is 0 Å². The van der Waals surface area contributed by atoms with Gasteiger partial charge < -0.3 is 4.90 Å². The summed E-state index contributed by atoms with van der Waals surface area (Å²) in [4.78, 5) is 5.23. The number of hydrogen-bond donors (Lipinski definition) is 0. The van der Waals surface area contributed by atoms with Crippen LogP contribution in [0, 0.1) is 11.8 Å². The lowest BCUT2D eigenvalue weighted by molar-refractivity contribution is 0.196. The third-order valence-electron chi connectivity index (χ3n) is 5.10. The number of fused-ring (bicyclic) bond motifs is 1. The van der Waals surface area contributed by atoms with Gasteiger partial charge in [0.05, 0.1) is 5.69 Å². The van der Waals surface area contributed by atoms with Crippen molar-refractivity contribution < 1.29 is 0 Å². The van der Waals surface area contributed by atoms with Gasteiger partial charge in [0, 0.05) is 32.4 Å². The summed E-state index contributed by atoms with van der Waals surface area (Å²) in [6.07, 6.45) is 6.15. The van der Waals surface area contributed by atoms with E-state index in [-0.39, 0.29) is 0 Å². The third-order valence-corrected chi connectivity index (χ3v) is 5.10. The fraction of sp³-hybridized carbons (Fsp3) is 0.824. The molecule has 0 radical (unpaired) electrons. The summed E-state index contributed by atoms with van der Waals surface area (Å²) < 4.78 is 2.25. The van der Waals surface area contributed by atoms with Crippen molar-refractivity contribution in [2.45, 2.75) is 46.2 Å². The molecule has 0 aromatic carbocycles. The standard InChI is InChI=1S/C17H30N4/c1-3-19(4-2)10-8-16-12-20(11-15-5-6-15)14-17-7-9-18-21(17)13-16/h7,9,15-16H,3-6,8,10-14H2,1-2H3/t16-/m0/s1. The Bertz CT molecular complexity index is 434. The molecule has 1 aromatic heterocycles. The molecule has 118 valence electrons. The van der Waals surface area contributed by atoms with E-state index in [1.165, 1.54) is 57.7 Å². The second-order valence-electron chi connectivity index (χ2n) is 6.82. The van der Waals surface area contributed by atoms with Gasteiger partial charge in [0.2, 0.25) is 0 Å². The van der Waals surface area contributed by atoms with Gasteiger partial charge in [-0.1, -0.05) is 13.8 Å². The Hall–Kier alpha value is -0.870. The van der Waals surface area contributed by atoms with Crippen LogP contribution in [0.4, 0.5) is 0 Å². The second kappa shape index (κ2) is 6.93. The van der Waals surface area contributed by atoms with E-state index in [9.17, 15) is 0 Å². The minimum absolute atomic E-state index is 0.741. The van der Waals surface area contributed by atoms with Gasteiger partial charge in [0.25, 0.3) is 0 Å². The van der Waals surface area contributed by atoms with E-state index < -0.39 is 0 Å². The van der Waals surface area contributed by atoms with Crippen LogP contribution in [0.15, 0.2) is 12.3 Å². The molecule has 21 heavy (non-hydrogen) atoms. The molecule has 0 bridgehead atoms. The van der Waals surface area contributed by atoms with Gasteiger partial charge in [-0.05, 0) is 56.8 Å². The minimum atomic E-state index is 0.741. The average Bonchev–Trinajstić information content (AvgIpc) is 3.23. The molecule has 1 saturated carbocycles. The Balaban J connectivity index is 1.61. The first kappa shape index (κ1) is 15.0. The number of nitrogens with zero attached hydrogens (tertiary/aromatic N) is 4. The van der Waals surface area contributed by atoms with Gasteiger partial charge in [-0.15, -0.1) is 0 Å². The summed E-state index contributed by atoms with van der Waals surface area (Å²) in [5.74, 6) is 1.72. The van der Waals surface area contributed by atoms with Gasteiger partial charge in [0.1, 0.15) is 0 Å². The van der Waals surface area contributed by atoms with E-state index in [4.69, 9.17) is 0 Å². The number of hydrogen-bond acceptors (Lipinski definition) is 3. The Kier molecular flexibility index (Phi) is 4.96. The SMILES string of the molecule is CCN(CC)CC[C@H]1CN(CC2CC2)Cc2ccnn2C1. The quantitative estimate of drug-likeness (QED) is 0.771. The summed E-state index contributed by atoms with van der Waals surface area (Å²) in [6, 6.07) is 2.20. The van der Waals surface area contributed by atoms with Crippen molar-refractivity contribution in [3.8, 4) is 0 Å². The van der Waals surface area contributed by atoms with Crippen molar-refractivity contribution in [3.05, 3.63) is 18.0 Å². The van der Waals surface area contributed by atoms with Crippen molar-refractivity contribution in [3.63, 3.8) is 0 Å². The van der Waals surface area contributed by atoms with Crippen LogP contribution in [0.1, 0.15) is 38.8 Å². The van der Waals surface area contributed by atoms with E-state index >= 15 is 0 Å². The van der Waals surface area contributed by atoms with Gasteiger partial charge in [-0.25, -0.2) is 0 Å². The fourth-order valence-corrected chi connectivity index (χ4v) is 3.51. The first-order chi connectivity index (χ1) is 10.3. The summed E-state index contributed by atoms with van der Waals surface area (Å²) >= 11 is 0. The maximum atomic E-state index is 4.54. The third kappa shape index (κ3) is 4.07. The van der Waals surface area contributed by atoms with Crippen LogP contribution in [0.3, 0.4) is 0 Å². The van der Waals surface area contributed by atoms with Crippen molar-refractivity contribution in [1.29, 1.82) is 0 Å². The van der Waals surface area contributed by atoms with Gasteiger partial charge in [-0.3, -0.25) is 9.58 Å². The molecule has 0 spiro atoms. The van der Waals surface area contributed by atoms with E-state index in [2.05, 4.69) is 39.5 Å². The van der Waals surface area contributed by atoms with Crippen molar-refractivity contribution in [2.75, 3.05) is 32.7 Å². The summed E-state index contributed by atoms with van der Waals surface area (Å²) in [5, 5.41) is 4.54. The molecule has 0 unspecified atom stereocenters. The molecule has 2 heterocycles. The monoisotopic (exact) mass is 290 g/mol. The molecule has 1 atom stereocenters. The summed E-state index contributed by atoms with van der Waals surface area (Å²) in [6.45, 7) is 12.8. The zero-order valence-corrected chi connectivity index (χ0v) is 13.7. The lowest BCUT2D eigenvalue weighted by atomic mass is 10.0. The molecule has 0 saturated heterocycles. The van der Waals surface area contributed by atoms with E-state index in [0.717, 1.165) is 24.9 Å². The van der Waals surface area contributed by atoms with Crippen LogP contribution in [-0.2, 0) is 13.1 Å². The molecule has 1 fully saturated rings. The smallest absolute Gasteiger partial charge is 0.0524 e. The van der Waals surface area contributed by atoms with Gasteiger partial charge in [-0.2, -0.15) is 5.10 Å². The van der Waals surface area contributed by atoms with E-state index in [1.54, 1.807) is 0 Å². The predicted octanol–water partition coefficient (Wildman–Crippen LogP) is 2.46. The first-order valence-corrected chi connectivity index (χ1v) is 8.73. The highest BCUT2D eigenvalue weighted by molar-refractivity contribution is 5.02.